The van der Waals surface area contributed by atoms with Gasteiger partial charge in [-0.15, -0.1) is 11.3 Å². The van der Waals surface area contributed by atoms with Crippen molar-refractivity contribution in [3.05, 3.63) is 112 Å². The van der Waals surface area contributed by atoms with Crippen LogP contribution in [0.4, 0.5) is 23.0 Å². The van der Waals surface area contributed by atoms with Crippen LogP contribution in [0.1, 0.15) is 113 Å². The summed E-state index contributed by atoms with van der Waals surface area (Å²) in [6.07, 6.45) is 12.0. The first-order chi connectivity index (χ1) is 44.5. The summed E-state index contributed by atoms with van der Waals surface area (Å²) in [4.78, 5) is 74.8. The van der Waals surface area contributed by atoms with E-state index in [1.54, 1.807) is 7.11 Å². The maximum Gasteiger partial charge on any atom is 0.324 e. The standard InChI is InChI=1S/C44H58N8O5S.C25H26N8O/c1-8-51-37-12-11-28-19-31(37)33(40(51)32-20-29(23-45-39(32)27(3)56-7)50-16-14-49(6)15-17-50)22-44(4,5)25-57-43(55)34-10-9-13-52(48-34)42(54)35(21-38-46-36(28)24-58-38)47-41(53)30-18-26(30)2;26-22-16-5-1-2-8-19(16)34-25(22)9-13-32(14-10-25)20-15-28-21-23(29-20)30-31-24(21)33-12-4-6-17-18(33)7-3-11-27-17/h11-12,19-20,23-24,26-27,30,34-35,48H,8-10,13-18,21-22,25H2,1-7H3,(H,47,53);1-3,5,7-8,11,15,22H,4,6,9-10,12-14,26H2,(H,29,30,31). The molecule has 7 aliphatic rings. The van der Waals surface area contributed by atoms with Gasteiger partial charge in [0.1, 0.15) is 29.3 Å². The number of aromatic amines is 1. The molecule has 1 spiro atoms. The van der Waals surface area contributed by atoms with Gasteiger partial charge >= 0.3 is 5.97 Å². The molecule has 6 aliphatic heterocycles. The van der Waals surface area contributed by atoms with Crippen molar-refractivity contribution in [2.24, 2.45) is 23.0 Å². The third kappa shape index (κ3) is 11.8. The first-order valence-corrected chi connectivity index (χ1v) is 33.8. The van der Waals surface area contributed by atoms with E-state index in [9.17, 15) is 14.4 Å². The number of para-hydroxylation sites is 1. The van der Waals surface area contributed by atoms with Crippen molar-refractivity contribution in [2.45, 2.75) is 129 Å². The number of fused-ring (bicyclic) bond motifs is 9. The Morgan fingerprint density at radius 1 is 0.946 bits per heavy atom. The summed E-state index contributed by atoms with van der Waals surface area (Å²) in [7, 11) is 3.89. The third-order valence-corrected chi connectivity index (χ3v) is 20.9. The number of piperazine rings is 1. The van der Waals surface area contributed by atoms with Gasteiger partial charge in [-0.05, 0) is 107 Å². The molecule has 23 heteroatoms. The van der Waals surface area contributed by atoms with Crippen LogP contribution < -0.4 is 35.9 Å². The number of nitrogens with zero attached hydrogens (tertiary/aromatic N) is 12. The molecule has 15 rings (SSSR count). The van der Waals surface area contributed by atoms with Gasteiger partial charge in [-0.25, -0.2) is 20.4 Å². The van der Waals surface area contributed by atoms with Crippen LogP contribution in [0.2, 0.25) is 0 Å². The number of nitrogens with one attached hydrogen (secondary N) is 3. The number of H-pyrrole nitrogens is 1. The number of piperidine rings is 1. The van der Waals surface area contributed by atoms with Gasteiger partial charge in [0.05, 0.1) is 70.3 Å². The molecule has 6 bridgehead atoms. The number of ether oxygens (including phenoxy) is 3. The van der Waals surface area contributed by atoms with E-state index in [1.165, 1.54) is 16.3 Å². The van der Waals surface area contributed by atoms with Crippen molar-refractivity contribution in [3.63, 3.8) is 0 Å². The van der Waals surface area contributed by atoms with E-state index in [4.69, 9.17) is 39.9 Å². The fourth-order valence-electron chi connectivity index (χ4n) is 14.5. The molecule has 12 heterocycles. The Balaban J connectivity index is 0.000000182. The second-order valence-electron chi connectivity index (χ2n) is 26.9. The van der Waals surface area contributed by atoms with Gasteiger partial charge in [-0.3, -0.25) is 34.5 Å². The predicted octanol–water partition coefficient (Wildman–Crippen LogP) is 8.87. The highest BCUT2D eigenvalue weighted by atomic mass is 32.1. The molecule has 6 atom stereocenters. The van der Waals surface area contributed by atoms with Crippen molar-refractivity contribution in [2.75, 3.05) is 87.8 Å². The molecule has 22 nitrogen and oxygen atoms in total. The maximum absolute atomic E-state index is 14.1. The minimum Gasteiger partial charge on any atom is -0.485 e. The number of benzene rings is 2. The second kappa shape index (κ2) is 25.1. The predicted molar refractivity (Wildman–Crippen MR) is 356 cm³/mol. The summed E-state index contributed by atoms with van der Waals surface area (Å²) in [6, 6.07) is 19.4. The fourth-order valence-corrected chi connectivity index (χ4v) is 15.3. The molecule has 8 aromatic rings. The number of amides is 2. The van der Waals surface area contributed by atoms with E-state index in [0.717, 1.165) is 180 Å². The lowest BCUT2D eigenvalue weighted by Crippen LogP contribution is -2.60. The van der Waals surface area contributed by atoms with Gasteiger partial charge in [0.15, 0.2) is 17.0 Å². The number of rotatable bonds is 9. The monoisotopic (exact) mass is 1260 g/mol. The maximum atomic E-state index is 14.1. The van der Waals surface area contributed by atoms with Crippen LogP contribution in [-0.2, 0) is 49.7 Å². The number of hydrogen-bond donors (Lipinski definition) is 4. The average Bonchev–Trinajstić information content (AvgIpc) is 1.60. The normalized spacial score (nSPS) is 23.3. The van der Waals surface area contributed by atoms with E-state index in [0.29, 0.717) is 37.4 Å². The lowest BCUT2D eigenvalue weighted by Gasteiger charge is -2.41. The molecule has 0 radical (unpaired) electrons. The summed E-state index contributed by atoms with van der Waals surface area (Å²) < 4.78 is 20.9. The minimum absolute atomic E-state index is 0.0897. The molecule has 1 aliphatic carbocycles. The van der Waals surface area contributed by atoms with Crippen LogP contribution in [0.25, 0.3) is 44.6 Å². The van der Waals surface area contributed by atoms with E-state index >= 15 is 0 Å². The molecule has 1 saturated carbocycles. The zero-order chi connectivity index (χ0) is 63.6. The van der Waals surface area contributed by atoms with Gasteiger partial charge in [0, 0.05) is 136 Å². The van der Waals surface area contributed by atoms with Crippen LogP contribution in [0.5, 0.6) is 5.75 Å². The molecule has 2 aromatic carbocycles. The Hall–Kier alpha value is -8.09. The molecule has 6 unspecified atom stereocenters. The Kier molecular flexibility index (Phi) is 16.7. The molecule has 4 fully saturated rings. The highest BCUT2D eigenvalue weighted by Gasteiger charge is 2.49. The van der Waals surface area contributed by atoms with Crippen LogP contribution in [0, 0.1) is 17.3 Å². The number of hydrogen-bond acceptors (Lipinski definition) is 19. The average molecular weight is 1270 g/mol. The van der Waals surface area contributed by atoms with Crippen molar-refractivity contribution in [3.8, 4) is 28.3 Å². The number of pyridine rings is 2. The largest absolute Gasteiger partial charge is 0.485 e. The zero-order valence-corrected chi connectivity index (χ0v) is 54.6. The molecular weight excluding hydrogens is 1180 g/mol. The second-order valence-corrected chi connectivity index (χ2v) is 27.9. The van der Waals surface area contributed by atoms with E-state index in [-0.39, 0.29) is 54.5 Å². The van der Waals surface area contributed by atoms with Gasteiger partial charge in [0.25, 0.3) is 5.91 Å². The number of likely N-dealkylation sites (N-methyl/N-ethyl adjacent to an activating group) is 1. The molecule has 2 amide bonds. The lowest BCUT2D eigenvalue weighted by atomic mass is 9.83. The minimum atomic E-state index is -0.825. The van der Waals surface area contributed by atoms with E-state index < -0.39 is 17.5 Å². The zero-order valence-electron chi connectivity index (χ0n) is 53.8. The number of esters is 1. The summed E-state index contributed by atoms with van der Waals surface area (Å²) in [5.74, 6) is 2.02. The van der Waals surface area contributed by atoms with E-state index in [2.05, 4.69) is 114 Å². The highest BCUT2D eigenvalue weighted by Crippen LogP contribution is 2.48. The number of thiazole rings is 1. The summed E-state index contributed by atoms with van der Waals surface area (Å²) in [5, 5.41) is 16.2. The number of carbonyl (C=O) groups is 3. The smallest absolute Gasteiger partial charge is 0.324 e. The van der Waals surface area contributed by atoms with Crippen LogP contribution in [0.3, 0.4) is 0 Å². The Labute approximate surface area is 540 Å². The molecule has 6 aromatic heterocycles. The number of carbonyl (C=O) groups excluding carboxylic acids is 3. The van der Waals surface area contributed by atoms with Crippen LogP contribution in [-0.4, -0.2) is 158 Å². The van der Waals surface area contributed by atoms with Crippen LogP contribution >= 0.6 is 11.3 Å². The van der Waals surface area contributed by atoms with Crippen molar-refractivity contribution in [1.29, 1.82) is 0 Å². The van der Waals surface area contributed by atoms with Gasteiger partial charge in [-0.2, -0.15) is 5.10 Å². The SMILES string of the molecule is CCn1c(-c2cc(N3CCN(C)CC3)cnc2C(C)OC)c2c3cc(ccc31)-c1csc(n1)CC(NC(=O)C1CC1C)C(=O)N1CCCC(N1)C(=O)OCC(C)(C)C2.NC1c2ccccc2OC12CCN(c1cnc3c(N4CCCc5ncccc54)n[nH]c3n1)CC2. The molecular formula is C69H84N16O6S. The molecule has 92 heavy (non-hydrogen) atoms. The summed E-state index contributed by atoms with van der Waals surface area (Å²) >= 11 is 1.49. The van der Waals surface area contributed by atoms with Crippen molar-refractivity contribution in [1.82, 2.24) is 60.3 Å². The quantitative estimate of drug-likeness (QED) is 0.0986. The fraction of sp³-hybridized carbons (Fsp3) is 0.493. The number of nitrogens with two attached hydrogens (primary N) is 1. The summed E-state index contributed by atoms with van der Waals surface area (Å²) in [5.41, 5.74) is 21.9. The number of hydrazine groups is 1. The number of anilines is 4. The van der Waals surface area contributed by atoms with E-state index in [1.807, 2.05) is 62.1 Å². The Morgan fingerprint density at radius 3 is 2.54 bits per heavy atom. The number of aromatic nitrogens is 8. The van der Waals surface area contributed by atoms with Crippen molar-refractivity contribution < 1.29 is 28.6 Å². The first kappa shape index (κ1) is 61.4. The molecule has 5 N–H and O–H groups in total. The number of methoxy groups -OCH3 is 1. The van der Waals surface area contributed by atoms with Crippen LogP contribution in [0.15, 0.2) is 84.6 Å². The Bertz CT molecular complexity index is 4070. The topological polar surface area (TPSA) is 243 Å². The first-order valence-electron chi connectivity index (χ1n) is 32.9. The Morgan fingerprint density at radius 2 is 1.76 bits per heavy atom. The van der Waals surface area contributed by atoms with Gasteiger partial charge < -0.3 is 49.4 Å². The van der Waals surface area contributed by atoms with Gasteiger partial charge in [0.2, 0.25) is 5.91 Å². The van der Waals surface area contributed by atoms with Gasteiger partial charge in [-0.1, -0.05) is 45.0 Å². The number of aryl methyl sites for hydroxylation is 2. The highest BCUT2D eigenvalue weighted by molar-refractivity contribution is 7.10. The third-order valence-electron chi connectivity index (χ3n) is 20.1. The lowest BCUT2D eigenvalue weighted by molar-refractivity contribution is -0.155. The molecule has 3 saturated heterocycles. The summed E-state index contributed by atoms with van der Waals surface area (Å²) in [6.45, 7) is 18.2. The van der Waals surface area contributed by atoms with Crippen molar-refractivity contribution >= 4 is 74.2 Å². The number of cyclic esters (lactones) is 1. The molecule has 482 valence electrons.